The van der Waals surface area contributed by atoms with Crippen LogP contribution in [0.15, 0.2) is 29.4 Å². The number of aromatic nitrogens is 2. The molecule has 2 aromatic rings. The molecule has 0 saturated carbocycles. The fourth-order valence-electron chi connectivity index (χ4n) is 1.75. The Hall–Kier alpha value is -2.83. The van der Waals surface area contributed by atoms with Gasteiger partial charge in [0.2, 0.25) is 0 Å². The molecule has 0 atom stereocenters. The zero-order valence-corrected chi connectivity index (χ0v) is 12.6. The van der Waals surface area contributed by atoms with Gasteiger partial charge < -0.3 is 9.84 Å². The van der Waals surface area contributed by atoms with E-state index in [0.717, 1.165) is 5.69 Å². The number of aromatic amines is 1. The Morgan fingerprint density at radius 3 is 2.86 bits per heavy atom. The van der Waals surface area contributed by atoms with Gasteiger partial charge in [-0.25, -0.2) is 5.43 Å². The number of amides is 1. The van der Waals surface area contributed by atoms with Crippen LogP contribution < -0.4 is 10.2 Å². The fourth-order valence-corrected chi connectivity index (χ4v) is 1.75. The van der Waals surface area contributed by atoms with E-state index in [1.165, 1.54) is 19.4 Å². The maximum atomic E-state index is 11.9. The Balaban J connectivity index is 2.00. The van der Waals surface area contributed by atoms with Crippen molar-refractivity contribution in [2.45, 2.75) is 19.8 Å². The van der Waals surface area contributed by atoms with Crippen LogP contribution in [-0.2, 0) is 0 Å². The van der Waals surface area contributed by atoms with Gasteiger partial charge in [0.05, 0.1) is 13.3 Å². The van der Waals surface area contributed by atoms with Gasteiger partial charge in [0, 0.05) is 5.69 Å². The molecule has 1 amide bonds. The van der Waals surface area contributed by atoms with E-state index in [1.54, 1.807) is 18.2 Å². The number of carbonyl (C=O) groups excluding carboxylic acids is 1. The van der Waals surface area contributed by atoms with E-state index in [1.807, 2.05) is 13.8 Å². The highest BCUT2D eigenvalue weighted by molar-refractivity contribution is 5.93. The van der Waals surface area contributed by atoms with Crippen molar-refractivity contribution in [3.8, 4) is 11.5 Å². The predicted molar refractivity (Wildman–Crippen MR) is 82.4 cm³/mol. The summed E-state index contributed by atoms with van der Waals surface area (Å²) >= 11 is 0. The summed E-state index contributed by atoms with van der Waals surface area (Å²) in [4.78, 5) is 11.9. The number of H-pyrrole nitrogens is 1. The number of hydrogen-bond donors (Lipinski definition) is 3. The molecule has 1 aromatic heterocycles. The molecule has 22 heavy (non-hydrogen) atoms. The third kappa shape index (κ3) is 3.63. The van der Waals surface area contributed by atoms with Crippen molar-refractivity contribution in [1.29, 1.82) is 0 Å². The van der Waals surface area contributed by atoms with Gasteiger partial charge in [-0.2, -0.15) is 10.2 Å². The average molecular weight is 302 g/mol. The number of nitrogens with zero attached hydrogens (tertiary/aromatic N) is 2. The molecule has 0 aliphatic heterocycles. The van der Waals surface area contributed by atoms with Crippen molar-refractivity contribution >= 4 is 12.1 Å². The summed E-state index contributed by atoms with van der Waals surface area (Å²) in [5.74, 6) is 0.248. The molecule has 1 heterocycles. The number of carbonyl (C=O) groups is 1. The first-order chi connectivity index (χ1) is 10.5. The normalized spacial score (nSPS) is 11.1. The summed E-state index contributed by atoms with van der Waals surface area (Å²) in [6.45, 7) is 4.01. The van der Waals surface area contributed by atoms with Crippen LogP contribution >= 0.6 is 0 Å². The highest BCUT2D eigenvalue weighted by atomic mass is 16.5. The average Bonchev–Trinajstić information content (AvgIpc) is 2.99. The van der Waals surface area contributed by atoms with Gasteiger partial charge in [0.1, 0.15) is 0 Å². The van der Waals surface area contributed by atoms with Gasteiger partial charge in [-0.1, -0.05) is 13.8 Å². The molecule has 0 bridgehead atoms. The highest BCUT2D eigenvalue weighted by Gasteiger charge is 2.11. The molecule has 0 fully saturated rings. The Labute approximate surface area is 128 Å². The van der Waals surface area contributed by atoms with Crippen molar-refractivity contribution in [2.24, 2.45) is 5.10 Å². The summed E-state index contributed by atoms with van der Waals surface area (Å²) in [7, 11) is 1.46. The number of aromatic hydroxyl groups is 1. The molecule has 0 aliphatic rings. The summed E-state index contributed by atoms with van der Waals surface area (Å²) in [6, 6.07) is 6.44. The first-order valence-corrected chi connectivity index (χ1v) is 6.77. The fraction of sp³-hybridized carbons (Fsp3) is 0.267. The maximum absolute atomic E-state index is 11.9. The van der Waals surface area contributed by atoms with Crippen LogP contribution in [0, 0.1) is 0 Å². The van der Waals surface area contributed by atoms with Crippen molar-refractivity contribution in [1.82, 2.24) is 15.6 Å². The summed E-state index contributed by atoms with van der Waals surface area (Å²) in [5, 5.41) is 20.1. The first-order valence-electron chi connectivity index (χ1n) is 6.77. The number of rotatable bonds is 5. The molecule has 0 radical (unpaired) electrons. The van der Waals surface area contributed by atoms with Gasteiger partial charge in [-0.05, 0) is 35.7 Å². The Kier molecular flexibility index (Phi) is 4.77. The zero-order valence-electron chi connectivity index (χ0n) is 12.6. The van der Waals surface area contributed by atoms with Crippen molar-refractivity contribution < 1.29 is 14.6 Å². The number of nitrogens with one attached hydrogen (secondary N) is 2. The Bertz CT molecular complexity index is 692. The van der Waals surface area contributed by atoms with E-state index >= 15 is 0 Å². The molecule has 0 saturated heterocycles. The molecule has 2 rings (SSSR count). The minimum absolute atomic E-state index is 0.0430. The number of ether oxygens (including phenoxy) is 1. The van der Waals surface area contributed by atoms with Crippen LogP contribution in [0.5, 0.6) is 11.5 Å². The predicted octanol–water partition coefficient (Wildman–Crippen LogP) is 2.01. The number of phenols is 1. The maximum Gasteiger partial charge on any atom is 0.291 e. The number of methoxy groups -OCH3 is 1. The van der Waals surface area contributed by atoms with Crippen LogP contribution in [0.4, 0.5) is 0 Å². The molecule has 0 unspecified atom stereocenters. The third-order valence-electron chi connectivity index (χ3n) is 3.04. The molecular formula is C15H18N4O3. The lowest BCUT2D eigenvalue weighted by atomic mass is 10.1. The summed E-state index contributed by atoms with van der Waals surface area (Å²) in [6.07, 6.45) is 1.45. The lowest BCUT2D eigenvalue weighted by molar-refractivity contribution is 0.0950. The quantitative estimate of drug-likeness (QED) is 0.581. The number of benzene rings is 1. The third-order valence-corrected chi connectivity index (χ3v) is 3.04. The second-order valence-corrected chi connectivity index (χ2v) is 4.99. The molecule has 3 N–H and O–H groups in total. The van der Waals surface area contributed by atoms with E-state index in [2.05, 4.69) is 20.7 Å². The van der Waals surface area contributed by atoms with Crippen molar-refractivity contribution in [2.75, 3.05) is 7.11 Å². The smallest absolute Gasteiger partial charge is 0.291 e. The monoisotopic (exact) mass is 302 g/mol. The standard InChI is InChI=1S/C15H18N4O3/c1-9(2)11-7-12(18-17-11)15(21)19-16-8-10-4-5-13(20)14(6-10)22-3/h4-9,20H,1-3H3,(H,17,18)(H,19,21)/b16-8-. The SMILES string of the molecule is COc1cc(/C=N\NC(=O)c2cc(C(C)C)[nH]n2)ccc1O. The number of hydrazone groups is 1. The van der Waals surface area contributed by atoms with E-state index in [4.69, 9.17) is 4.74 Å². The van der Waals surface area contributed by atoms with Gasteiger partial charge in [0.15, 0.2) is 17.2 Å². The Morgan fingerprint density at radius 1 is 1.45 bits per heavy atom. The topological polar surface area (TPSA) is 99.6 Å². The van der Waals surface area contributed by atoms with Gasteiger partial charge in [0.25, 0.3) is 5.91 Å². The van der Waals surface area contributed by atoms with Gasteiger partial charge in [-0.15, -0.1) is 0 Å². The van der Waals surface area contributed by atoms with Crippen LogP contribution in [0.2, 0.25) is 0 Å². The largest absolute Gasteiger partial charge is 0.504 e. The van der Waals surface area contributed by atoms with Gasteiger partial charge >= 0.3 is 0 Å². The molecular weight excluding hydrogens is 284 g/mol. The van der Waals surface area contributed by atoms with Crippen molar-refractivity contribution in [3.05, 3.63) is 41.2 Å². The highest BCUT2D eigenvalue weighted by Crippen LogP contribution is 2.25. The summed E-state index contributed by atoms with van der Waals surface area (Å²) < 4.78 is 4.99. The van der Waals surface area contributed by atoms with Crippen molar-refractivity contribution in [3.63, 3.8) is 0 Å². The zero-order chi connectivity index (χ0) is 16.1. The molecule has 0 spiro atoms. The molecule has 7 heteroatoms. The minimum Gasteiger partial charge on any atom is -0.504 e. The van der Waals surface area contributed by atoms with Crippen LogP contribution in [0.3, 0.4) is 0 Å². The van der Waals surface area contributed by atoms with Crippen LogP contribution in [0.1, 0.15) is 41.5 Å². The second kappa shape index (κ2) is 6.75. The molecule has 1 aromatic carbocycles. The number of phenolic OH excluding ortho intramolecular Hbond substituents is 1. The minimum atomic E-state index is -0.398. The number of hydrogen-bond acceptors (Lipinski definition) is 5. The van der Waals surface area contributed by atoms with Crippen LogP contribution in [0.25, 0.3) is 0 Å². The lowest BCUT2D eigenvalue weighted by Crippen LogP contribution is -2.18. The lowest BCUT2D eigenvalue weighted by Gasteiger charge is -2.03. The van der Waals surface area contributed by atoms with E-state index in [9.17, 15) is 9.90 Å². The molecule has 0 aliphatic carbocycles. The van der Waals surface area contributed by atoms with Gasteiger partial charge in [-0.3, -0.25) is 9.89 Å². The first kappa shape index (κ1) is 15.6. The molecule has 7 nitrogen and oxygen atoms in total. The second-order valence-electron chi connectivity index (χ2n) is 4.99. The Morgan fingerprint density at radius 2 is 2.23 bits per heavy atom. The van der Waals surface area contributed by atoms with E-state index in [-0.39, 0.29) is 17.4 Å². The van der Waals surface area contributed by atoms with E-state index < -0.39 is 5.91 Å². The summed E-state index contributed by atoms with van der Waals surface area (Å²) in [5.41, 5.74) is 4.24. The van der Waals surface area contributed by atoms with Crippen LogP contribution in [-0.4, -0.2) is 34.5 Å². The van der Waals surface area contributed by atoms with E-state index in [0.29, 0.717) is 11.3 Å². The molecule has 116 valence electrons.